The van der Waals surface area contributed by atoms with Crippen LogP contribution in [0.2, 0.25) is 0 Å². The fourth-order valence-corrected chi connectivity index (χ4v) is 2.42. The molecule has 82 valence electrons. The molecule has 1 saturated heterocycles. The Morgan fingerprint density at radius 2 is 2.40 bits per heavy atom. The van der Waals surface area contributed by atoms with Gasteiger partial charge >= 0.3 is 0 Å². The van der Waals surface area contributed by atoms with E-state index < -0.39 is 0 Å². The summed E-state index contributed by atoms with van der Waals surface area (Å²) in [5.74, 6) is 0.745. The summed E-state index contributed by atoms with van der Waals surface area (Å²) in [6.07, 6.45) is 6.12. The second-order valence-electron chi connectivity index (χ2n) is 4.62. The lowest BCUT2D eigenvalue weighted by Gasteiger charge is -2.26. The third-order valence-corrected chi connectivity index (χ3v) is 3.19. The summed E-state index contributed by atoms with van der Waals surface area (Å²) in [7, 11) is 0. The van der Waals surface area contributed by atoms with Gasteiger partial charge in [-0.15, -0.1) is 0 Å². The van der Waals surface area contributed by atoms with Crippen molar-refractivity contribution in [1.82, 2.24) is 14.9 Å². The van der Waals surface area contributed by atoms with E-state index in [1.54, 1.807) is 6.33 Å². The minimum Gasteiger partial charge on any atom is -0.294 e. The molecule has 1 unspecified atom stereocenters. The van der Waals surface area contributed by atoms with Crippen molar-refractivity contribution in [1.29, 1.82) is 0 Å². The van der Waals surface area contributed by atoms with Crippen LogP contribution in [0.5, 0.6) is 0 Å². The summed E-state index contributed by atoms with van der Waals surface area (Å²) in [5.41, 5.74) is 1.14. The van der Waals surface area contributed by atoms with Gasteiger partial charge in [-0.1, -0.05) is 13.8 Å². The number of likely N-dealkylation sites (tertiary alicyclic amines) is 1. The molecule has 1 aliphatic rings. The zero-order valence-electron chi connectivity index (χ0n) is 9.56. The molecule has 2 heterocycles. The zero-order valence-corrected chi connectivity index (χ0v) is 9.56. The van der Waals surface area contributed by atoms with Crippen LogP contribution in [0.1, 0.15) is 32.4 Å². The Bertz CT molecular complexity index is 297. The van der Waals surface area contributed by atoms with Gasteiger partial charge in [0.2, 0.25) is 0 Å². The first-order valence-electron chi connectivity index (χ1n) is 5.76. The van der Waals surface area contributed by atoms with E-state index in [2.05, 4.69) is 28.7 Å². The van der Waals surface area contributed by atoms with Crippen LogP contribution in [-0.2, 0) is 6.54 Å². The highest BCUT2D eigenvalue weighted by atomic mass is 15.2. The quantitative estimate of drug-likeness (QED) is 0.756. The maximum absolute atomic E-state index is 4.28. The van der Waals surface area contributed by atoms with Gasteiger partial charge in [-0.3, -0.25) is 4.90 Å². The third kappa shape index (κ3) is 2.53. The van der Waals surface area contributed by atoms with Crippen LogP contribution in [0.3, 0.4) is 0 Å². The lowest BCUT2D eigenvalue weighted by molar-refractivity contribution is 0.196. The first-order valence-corrected chi connectivity index (χ1v) is 5.76. The van der Waals surface area contributed by atoms with Crippen molar-refractivity contribution in [2.45, 2.75) is 39.3 Å². The summed E-state index contributed by atoms with van der Waals surface area (Å²) in [5, 5.41) is 0. The molecule has 0 amide bonds. The lowest BCUT2D eigenvalue weighted by atomic mass is 10.0. The molecule has 1 atom stereocenters. The van der Waals surface area contributed by atoms with Crippen molar-refractivity contribution < 1.29 is 0 Å². The van der Waals surface area contributed by atoms with Gasteiger partial charge in [0.25, 0.3) is 0 Å². The van der Waals surface area contributed by atoms with Crippen LogP contribution in [0, 0.1) is 5.92 Å². The molecule has 0 saturated carbocycles. The van der Waals surface area contributed by atoms with Gasteiger partial charge in [0, 0.05) is 18.8 Å². The van der Waals surface area contributed by atoms with E-state index in [9.17, 15) is 0 Å². The van der Waals surface area contributed by atoms with Crippen LogP contribution in [0.15, 0.2) is 18.6 Å². The Balaban J connectivity index is 2.00. The van der Waals surface area contributed by atoms with Crippen LogP contribution in [0.4, 0.5) is 0 Å². The highest BCUT2D eigenvalue weighted by Gasteiger charge is 2.26. The molecule has 0 aromatic carbocycles. The molecule has 0 bridgehead atoms. The molecular weight excluding hydrogens is 186 g/mol. The molecule has 1 aromatic heterocycles. The maximum Gasteiger partial charge on any atom is 0.115 e. The molecule has 3 nitrogen and oxygen atoms in total. The predicted molar refractivity (Wildman–Crippen MR) is 60.3 cm³/mol. The number of rotatable bonds is 3. The van der Waals surface area contributed by atoms with E-state index in [4.69, 9.17) is 0 Å². The molecule has 3 heteroatoms. The van der Waals surface area contributed by atoms with Crippen molar-refractivity contribution in [2.24, 2.45) is 5.92 Å². The van der Waals surface area contributed by atoms with Crippen molar-refractivity contribution in [3.05, 3.63) is 24.3 Å². The topological polar surface area (TPSA) is 29.0 Å². The highest BCUT2D eigenvalue weighted by Crippen LogP contribution is 2.24. The van der Waals surface area contributed by atoms with Gasteiger partial charge in [0.05, 0.1) is 5.69 Å². The van der Waals surface area contributed by atoms with Crippen LogP contribution >= 0.6 is 0 Å². The molecule has 1 aliphatic heterocycles. The van der Waals surface area contributed by atoms with Crippen molar-refractivity contribution in [2.75, 3.05) is 6.54 Å². The van der Waals surface area contributed by atoms with E-state index in [-0.39, 0.29) is 0 Å². The predicted octanol–water partition coefficient (Wildman–Crippen LogP) is 2.10. The van der Waals surface area contributed by atoms with Crippen molar-refractivity contribution in [3.8, 4) is 0 Å². The number of aromatic nitrogens is 2. The van der Waals surface area contributed by atoms with Crippen molar-refractivity contribution >= 4 is 0 Å². The van der Waals surface area contributed by atoms with E-state index in [0.29, 0.717) is 0 Å². The van der Waals surface area contributed by atoms with E-state index in [1.165, 1.54) is 19.4 Å². The molecular formula is C12H19N3. The van der Waals surface area contributed by atoms with Crippen LogP contribution in [0.25, 0.3) is 0 Å². The smallest absolute Gasteiger partial charge is 0.115 e. The highest BCUT2D eigenvalue weighted by molar-refractivity contribution is 4.99. The Hall–Kier alpha value is -0.960. The maximum atomic E-state index is 4.28. The monoisotopic (exact) mass is 205 g/mol. The fourth-order valence-electron chi connectivity index (χ4n) is 2.42. The Labute approximate surface area is 91.5 Å². The zero-order chi connectivity index (χ0) is 10.7. The lowest BCUT2D eigenvalue weighted by Crippen LogP contribution is -2.33. The molecule has 0 spiro atoms. The van der Waals surface area contributed by atoms with Gasteiger partial charge in [0.15, 0.2) is 0 Å². The number of hydrogen-bond acceptors (Lipinski definition) is 3. The fraction of sp³-hybridized carbons (Fsp3) is 0.667. The van der Waals surface area contributed by atoms with E-state index in [1.807, 2.05) is 12.3 Å². The van der Waals surface area contributed by atoms with Crippen LogP contribution < -0.4 is 0 Å². The van der Waals surface area contributed by atoms with Gasteiger partial charge in [-0.2, -0.15) is 0 Å². The van der Waals surface area contributed by atoms with Gasteiger partial charge in [0.1, 0.15) is 6.33 Å². The summed E-state index contributed by atoms with van der Waals surface area (Å²) in [6, 6.07) is 2.75. The first-order chi connectivity index (χ1) is 7.27. The molecule has 0 aliphatic carbocycles. The number of nitrogens with zero attached hydrogens (tertiary/aromatic N) is 3. The molecule has 0 radical (unpaired) electrons. The molecule has 1 fully saturated rings. The van der Waals surface area contributed by atoms with Gasteiger partial charge in [-0.05, 0) is 31.4 Å². The van der Waals surface area contributed by atoms with Gasteiger partial charge < -0.3 is 0 Å². The number of hydrogen-bond donors (Lipinski definition) is 0. The minimum atomic E-state index is 0.736. The van der Waals surface area contributed by atoms with Gasteiger partial charge in [-0.25, -0.2) is 9.97 Å². The Kier molecular flexibility index (Phi) is 3.31. The average Bonchev–Trinajstić information content (AvgIpc) is 2.67. The summed E-state index contributed by atoms with van der Waals surface area (Å²) >= 11 is 0. The second kappa shape index (κ2) is 4.71. The minimum absolute atomic E-state index is 0.736. The molecule has 15 heavy (non-hydrogen) atoms. The Morgan fingerprint density at radius 1 is 1.53 bits per heavy atom. The molecule has 1 aromatic rings. The largest absolute Gasteiger partial charge is 0.294 e. The molecule has 0 N–H and O–H groups in total. The van der Waals surface area contributed by atoms with E-state index in [0.717, 1.165) is 24.2 Å². The first kappa shape index (κ1) is 10.6. The summed E-state index contributed by atoms with van der Waals surface area (Å²) in [4.78, 5) is 10.8. The normalized spacial score (nSPS) is 22.5. The van der Waals surface area contributed by atoms with Crippen molar-refractivity contribution in [3.63, 3.8) is 0 Å². The SMILES string of the molecule is CC(C)C1CCCN1Cc1ccncn1. The molecule has 2 rings (SSSR count). The third-order valence-electron chi connectivity index (χ3n) is 3.19. The second-order valence-corrected chi connectivity index (χ2v) is 4.62. The Morgan fingerprint density at radius 3 is 3.07 bits per heavy atom. The van der Waals surface area contributed by atoms with E-state index >= 15 is 0 Å². The summed E-state index contributed by atoms with van der Waals surface area (Å²) in [6.45, 7) is 6.81. The standard InChI is InChI=1S/C12H19N3/c1-10(2)12-4-3-7-15(12)8-11-5-6-13-9-14-11/h5-6,9-10,12H,3-4,7-8H2,1-2H3. The summed E-state index contributed by atoms with van der Waals surface area (Å²) < 4.78 is 0. The van der Waals surface area contributed by atoms with Crippen LogP contribution in [-0.4, -0.2) is 27.5 Å². The average molecular weight is 205 g/mol.